The average molecular weight is 413 g/mol. The highest BCUT2D eigenvalue weighted by molar-refractivity contribution is 5.99. The molecular formula is C20H19N3O7. The van der Waals surface area contributed by atoms with Crippen molar-refractivity contribution in [3.05, 3.63) is 69.2 Å². The molecule has 30 heavy (non-hydrogen) atoms. The van der Waals surface area contributed by atoms with Gasteiger partial charge in [0.15, 0.2) is 19.0 Å². The highest BCUT2D eigenvalue weighted by Gasteiger charge is 2.19. The SMILES string of the molecule is Cc1cc(-n2c(C)cc(C(=O)COC(=O)COc3ccc([N+](=O)[O-])cc3)c2C)no1. The number of aryl methyl sites for hydroxylation is 2. The van der Waals surface area contributed by atoms with E-state index in [1.807, 2.05) is 6.92 Å². The van der Waals surface area contributed by atoms with Crippen LogP contribution in [0.3, 0.4) is 0 Å². The van der Waals surface area contributed by atoms with E-state index in [-0.39, 0.29) is 17.2 Å². The number of hydrogen-bond acceptors (Lipinski definition) is 8. The number of non-ortho nitro benzene ring substituents is 1. The fourth-order valence-electron chi connectivity index (χ4n) is 2.93. The van der Waals surface area contributed by atoms with E-state index in [0.29, 0.717) is 22.8 Å². The fraction of sp³-hybridized carbons (Fsp3) is 0.250. The second-order valence-electron chi connectivity index (χ2n) is 6.54. The Balaban J connectivity index is 1.56. The van der Waals surface area contributed by atoms with Gasteiger partial charge in [0.2, 0.25) is 5.78 Å². The van der Waals surface area contributed by atoms with Gasteiger partial charge >= 0.3 is 5.97 Å². The molecule has 0 aliphatic rings. The summed E-state index contributed by atoms with van der Waals surface area (Å²) in [5.41, 5.74) is 1.77. The molecule has 0 aliphatic heterocycles. The number of esters is 1. The molecule has 0 aliphatic carbocycles. The summed E-state index contributed by atoms with van der Waals surface area (Å²) in [5, 5.41) is 14.6. The van der Waals surface area contributed by atoms with Crippen LogP contribution in [0.25, 0.3) is 5.82 Å². The van der Waals surface area contributed by atoms with Crippen LogP contribution in [-0.2, 0) is 9.53 Å². The van der Waals surface area contributed by atoms with Gasteiger partial charge in [0.1, 0.15) is 11.5 Å². The first-order chi connectivity index (χ1) is 14.3. The Hall–Kier alpha value is -3.95. The molecule has 0 spiro atoms. The number of aromatic nitrogens is 2. The van der Waals surface area contributed by atoms with E-state index in [1.165, 1.54) is 24.3 Å². The maximum Gasteiger partial charge on any atom is 0.344 e. The predicted octanol–water partition coefficient (Wildman–Crippen LogP) is 3.10. The standard InChI is InChI=1S/C20H19N3O7/c1-12-8-17(14(3)22(12)19-9-13(2)30-21-19)18(24)10-29-20(25)11-28-16-6-4-15(5-7-16)23(26)27/h4-9H,10-11H2,1-3H3. The van der Waals surface area contributed by atoms with Crippen molar-refractivity contribution in [2.24, 2.45) is 0 Å². The van der Waals surface area contributed by atoms with Crippen molar-refractivity contribution < 1.29 is 28.5 Å². The molecule has 0 saturated heterocycles. The molecule has 1 aromatic carbocycles. The predicted molar refractivity (Wildman–Crippen MR) is 104 cm³/mol. The van der Waals surface area contributed by atoms with E-state index in [4.69, 9.17) is 14.0 Å². The summed E-state index contributed by atoms with van der Waals surface area (Å²) in [5.74, 6) is 0.388. The smallest absolute Gasteiger partial charge is 0.344 e. The van der Waals surface area contributed by atoms with Gasteiger partial charge < -0.3 is 14.0 Å². The van der Waals surface area contributed by atoms with Gasteiger partial charge in [0.05, 0.1) is 4.92 Å². The maximum absolute atomic E-state index is 12.5. The Morgan fingerprint density at radius 1 is 1.13 bits per heavy atom. The number of carbonyl (C=O) groups is 2. The molecular weight excluding hydrogens is 394 g/mol. The molecule has 0 fully saturated rings. The summed E-state index contributed by atoms with van der Waals surface area (Å²) in [6.07, 6.45) is 0. The molecule has 156 valence electrons. The van der Waals surface area contributed by atoms with Crippen LogP contribution in [-0.4, -0.2) is 39.6 Å². The van der Waals surface area contributed by atoms with Crippen LogP contribution in [0.1, 0.15) is 27.5 Å². The molecule has 0 amide bonds. The molecule has 2 aromatic heterocycles. The number of nitro benzene ring substituents is 1. The van der Waals surface area contributed by atoms with Crippen molar-refractivity contribution in [2.45, 2.75) is 20.8 Å². The third-order valence-electron chi connectivity index (χ3n) is 4.34. The van der Waals surface area contributed by atoms with E-state index < -0.39 is 24.1 Å². The van der Waals surface area contributed by atoms with Gasteiger partial charge in [-0.2, -0.15) is 0 Å². The fourth-order valence-corrected chi connectivity index (χ4v) is 2.93. The highest BCUT2D eigenvalue weighted by atomic mass is 16.6. The lowest BCUT2D eigenvalue weighted by molar-refractivity contribution is -0.384. The lowest BCUT2D eigenvalue weighted by Crippen LogP contribution is -2.19. The number of carbonyl (C=O) groups excluding carboxylic acids is 2. The van der Waals surface area contributed by atoms with Crippen LogP contribution in [0.15, 0.2) is 40.9 Å². The van der Waals surface area contributed by atoms with Crippen LogP contribution >= 0.6 is 0 Å². The van der Waals surface area contributed by atoms with Gasteiger partial charge in [-0.1, -0.05) is 5.16 Å². The highest BCUT2D eigenvalue weighted by Crippen LogP contribution is 2.21. The topological polar surface area (TPSA) is 127 Å². The number of Topliss-reactive ketones (excluding diaryl/α,β-unsaturated/α-hetero) is 1. The van der Waals surface area contributed by atoms with Gasteiger partial charge in [-0.15, -0.1) is 0 Å². The summed E-state index contributed by atoms with van der Waals surface area (Å²) >= 11 is 0. The Bertz CT molecular complexity index is 1100. The number of rotatable bonds is 8. The number of nitrogens with zero attached hydrogens (tertiary/aromatic N) is 3. The zero-order chi connectivity index (χ0) is 21.8. The lowest BCUT2D eigenvalue weighted by atomic mass is 10.1. The Kier molecular flexibility index (Phi) is 5.95. The molecule has 0 saturated carbocycles. The second-order valence-corrected chi connectivity index (χ2v) is 6.54. The zero-order valence-corrected chi connectivity index (χ0v) is 16.6. The first kappa shape index (κ1) is 20.8. The minimum Gasteiger partial charge on any atom is -0.482 e. The molecule has 2 heterocycles. The van der Waals surface area contributed by atoms with Gasteiger partial charge in [0.25, 0.3) is 5.69 Å². The van der Waals surface area contributed by atoms with Crippen molar-refractivity contribution >= 4 is 17.4 Å². The second kappa shape index (κ2) is 8.60. The number of ketones is 1. The van der Waals surface area contributed by atoms with Gasteiger partial charge in [-0.25, -0.2) is 4.79 Å². The molecule has 0 radical (unpaired) electrons. The van der Waals surface area contributed by atoms with Gasteiger partial charge in [-0.05, 0) is 39.0 Å². The molecule has 0 bridgehead atoms. The Morgan fingerprint density at radius 2 is 1.83 bits per heavy atom. The minimum atomic E-state index is -0.734. The molecule has 3 rings (SSSR count). The van der Waals surface area contributed by atoms with E-state index in [2.05, 4.69) is 5.16 Å². The first-order valence-electron chi connectivity index (χ1n) is 8.95. The summed E-state index contributed by atoms with van der Waals surface area (Å²) in [6, 6.07) is 8.72. The molecule has 10 nitrogen and oxygen atoms in total. The van der Waals surface area contributed by atoms with Crippen molar-refractivity contribution in [3.8, 4) is 11.6 Å². The molecule has 0 atom stereocenters. The van der Waals surface area contributed by atoms with Crippen LogP contribution in [0.2, 0.25) is 0 Å². The van der Waals surface area contributed by atoms with E-state index in [0.717, 1.165) is 5.69 Å². The van der Waals surface area contributed by atoms with Gasteiger partial charge in [0, 0.05) is 35.2 Å². The molecule has 3 aromatic rings. The van der Waals surface area contributed by atoms with Gasteiger partial charge in [-0.3, -0.25) is 19.5 Å². The van der Waals surface area contributed by atoms with Crippen molar-refractivity contribution in [3.63, 3.8) is 0 Å². The first-order valence-corrected chi connectivity index (χ1v) is 8.95. The van der Waals surface area contributed by atoms with Crippen LogP contribution in [0.4, 0.5) is 5.69 Å². The number of ether oxygens (including phenoxy) is 2. The van der Waals surface area contributed by atoms with Crippen molar-refractivity contribution in [1.29, 1.82) is 0 Å². The summed E-state index contributed by atoms with van der Waals surface area (Å²) in [6.45, 7) is 4.50. The van der Waals surface area contributed by atoms with Crippen LogP contribution < -0.4 is 4.74 Å². The number of benzene rings is 1. The third kappa shape index (κ3) is 4.54. The van der Waals surface area contributed by atoms with Crippen molar-refractivity contribution in [2.75, 3.05) is 13.2 Å². The average Bonchev–Trinajstić information content (AvgIpc) is 3.26. The lowest BCUT2D eigenvalue weighted by Gasteiger charge is -2.07. The maximum atomic E-state index is 12.5. The quantitative estimate of drug-likeness (QED) is 0.239. The third-order valence-corrected chi connectivity index (χ3v) is 4.34. The minimum absolute atomic E-state index is 0.0890. The largest absolute Gasteiger partial charge is 0.482 e. The molecule has 10 heteroatoms. The Morgan fingerprint density at radius 3 is 2.43 bits per heavy atom. The van der Waals surface area contributed by atoms with Crippen LogP contribution in [0, 0.1) is 30.9 Å². The van der Waals surface area contributed by atoms with Crippen LogP contribution in [0.5, 0.6) is 5.75 Å². The van der Waals surface area contributed by atoms with E-state index in [1.54, 1.807) is 30.5 Å². The monoisotopic (exact) mass is 413 g/mol. The zero-order valence-electron chi connectivity index (χ0n) is 16.6. The summed E-state index contributed by atoms with van der Waals surface area (Å²) in [7, 11) is 0. The van der Waals surface area contributed by atoms with Crippen molar-refractivity contribution in [1.82, 2.24) is 9.72 Å². The summed E-state index contributed by atoms with van der Waals surface area (Å²) < 4.78 is 17.1. The van der Waals surface area contributed by atoms with E-state index >= 15 is 0 Å². The number of hydrogen-bond donors (Lipinski definition) is 0. The van der Waals surface area contributed by atoms with E-state index in [9.17, 15) is 19.7 Å². The normalized spacial score (nSPS) is 10.6. The molecule has 0 unspecified atom stereocenters. The number of nitro groups is 1. The Labute approximate surface area is 171 Å². The summed E-state index contributed by atoms with van der Waals surface area (Å²) in [4.78, 5) is 34.5. The molecule has 0 N–H and O–H groups in total.